The molecule has 0 heterocycles. The van der Waals surface area contributed by atoms with Crippen LogP contribution in [-0.4, -0.2) is 5.71 Å². The minimum atomic E-state index is -3.11. The van der Waals surface area contributed by atoms with Gasteiger partial charge in [-0.25, -0.2) is 4.99 Å². The van der Waals surface area contributed by atoms with E-state index >= 15 is 4.57 Å². The third kappa shape index (κ3) is 6.15. The van der Waals surface area contributed by atoms with Gasteiger partial charge in [0.2, 0.25) is 0 Å². The summed E-state index contributed by atoms with van der Waals surface area (Å²) in [5.41, 5.74) is 7.00. The molecule has 0 aliphatic rings. The van der Waals surface area contributed by atoms with Crippen LogP contribution in [0.15, 0.2) is 200 Å². The summed E-state index contributed by atoms with van der Waals surface area (Å²) in [6.45, 7) is 3.83. The van der Waals surface area contributed by atoms with E-state index in [2.05, 4.69) is 73.3 Å². The van der Waals surface area contributed by atoms with Crippen molar-refractivity contribution in [3.8, 4) is 11.1 Å². The first-order valence-electron chi connectivity index (χ1n) is 16.0. The maximum Gasteiger partial charge on any atom is 0.171 e. The van der Waals surface area contributed by atoms with Crippen LogP contribution >= 0.6 is 7.14 Å². The predicted molar refractivity (Wildman–Crippen MR) is 206 cm³/mol. The van der Waals surface area contributed by atoms with Crippen molar-refractivity contribution in [1.29, 1.82) is 0 Å². The van der Waals surface area contributed by atoms with Gasteiger partial charge in [0.05, 0.1) is 11.4 Å². The highest BCUT2D eigenvalue weighted by atomic mass is 31.2. The van der Waals surface area contributed by atoms with Gasteiger partial charge in [-0.2, -0.15) is 0 Å². The Morgan fingerprint density at radius 2 is 1.19 bits per heavy atom. The number of allylic oxidation sites excluding steroid dienone is 2. The monoisotopic (exact) mass is 635 g/mol. The summed E-state index contributed by atoms with van der Waals surface area (Å²) >= 11 is 0. The Kier molecular flexibility index (Phi) is 8.92. The van der Waals surface area contributed by atoms with Crippen LogP contribution in [0, 0.1) is 0 Å². The first-order valence-corrected chi connectivity index (χ1v) is 17.7. The molecule has 0 spiro atoms. The number of aliphatic imine (C=N–C) groups is 1. The second kappa shape index (κ2) is 13.9. The lowest BCUT2D eigenvalue weighted by Crippen LogP contribution is -2.25. The van der Waals surface area contributed by atoms with Crippen molar-refractivity contribution in [2.24, 2.45) is 4.99 Å². The molecule has 7 aromatic rings. The normalized spacial score (nSPS) is 12.0. The molecular formula is C45H34NOP. The van der Waals surface area contributed by atoms with Crippen LogP contribution in [0.1, 0.15) is 16.7 Å². The summed E-state index contributed by atoms with van der Waals surface area (Å²) in [5, 5.41) is 4.69. The van der Waals surface area contributed by atoms with E-state index in [0.29, 0.717) is 0 Å². The number of fused-ring (bicyclic) bond motifs is 1. The molecule has 230 valence electrons. The highest BCUT2D eigenvalue weighted by Crippen LogP contribution is 2.43. The minimum Gasteiger partial charge on any atom is -0.309 e. The zero-order valence-electron chi connectivity index (χ0n) is 26.5. The summed E-state index contributed by atoms with van der Waals surface area (Å²) in [7, 11) is -3.11. The van der Waals surface area contributed by atoms with Gasteiger partial charge in [-0.3, -0.25) is 0 Å². The number of nitrogens with zero attached hydrogens (tertiary/aromatic N) is 1. The molecule has 0 amide bonds. The third-order valence-electron chi connectivity index (χ3n) is 8.54. The van der Waals surface area contributed by atoms with E-state index in [4.69, 9.17) is 4.99 Å². The first-order chi connectivity index (χ1) is 23.6. The molecule has 0 N–H and O–H groups in total. The van der Waals surface area contributed by atoms with Crippen molar-refractivity contribution in [3.05, 3.63) is 211 Å². The number of hydrogen-bond donors (Lipinski definition) is 0. The highest BCUT2D eigenvalue weighted by molar-refractivity contribution is 7.85. The Morgan fingerprint density at radius 1 is 0.562 bits per heavy atom. The average Bonchev–Trinajstić information content (AvgIpc) is 3.16. The first kappa shape index (κ1) is 30.8. The maximum atomic E-state index is 15.1. The molecule has 0 aliphatic carbocycles. The van der Waals surface area contributed by atoms with Crippen LogP contribution in [-0.2, 0) is 4.57 Å². The quantitative estimate of drug-likeness (QED) is 0.0882. The van der Waals surface area contributed by atoms with E-state index in [1.54, 1.807) is 6.08 Å². The second-order valence-electron chi connectivity index (χ2n) is 11.6. The Hall–Kier alpha value is -5.82. The largest absolute Gasteiger partial charge is 0.309 e. The Morgan fingerprint density at radius 3 is 1.90 bits per heavy atom. The van der Waals surface area contributed by atoms with Crippen LogP contribution in [0.25, 0.3) is 28.0 Å². The van der Waals surface area contributed by atoms with Crippen molar-refractivity contribution in [3.63, 3.8) is 0 Å². The average molecular weight is 636 g/mol. The van der Waals surface area contributed by atoms with Gasteiger partial charge in [0, 0.05) is 32.6 Å². The van der Waals surface area contributed by atoms with E-state index in [1.165, 1.54) is 0 Å². The van der Waals surface area contributed by atoms with E-state index in [1.807, 2.05) is 121 Å². The van der Waals surface area contributed by atoms with Gasteiger partial charge in [-0.15, -0.1) is 0 Å². The number of rotatable bonds is 9. The van der Waals surface area contributed by atoms with Crippen molar-refractivity contribution in [1.82, 2.24) is 0 Å². The van der Waals surface area contributed by atoms with E-state index in [0.717, 1.165) is 65.9 Å². The smallest absolute Gasteiger partial charge is 0.171 e. The SMILES string of the molecule is C=C/C=C\c1ccccc1/N=C(/c1ccccc1)c1ccc2c(-c3cccc(P(=O)(c4ccccc4)c4ccccc4)c3)cccc2c1. The standard InChI is InChI=1S/C45H34NOP/c1-2-3-17-34-18-13-14-29-44(34)46-45(35-19-7-4-8-20-35)38-30-31-43-36(32-38)22-16-28-42(43)37-21-15-27-41(33-37)48(47,39-23-9-5-10-24-39)40-25-11-6-12-26-40/h2-33H,1H2/b17-3-,46-45-. The summed E-state index contributed by atoms with van der Waals surface area (Å²) in [4.78, 5) is 5.24. The van der Waals surface area contributed by atoms with Gasteiger partial charge in [-0.05, 0) is 40.1 Å². The molecule has 0 aliphatic heterocycles. The fourth-order valence-corrected chi connectivity index (χ4v) is 8.88. The van der Waals surface area contributed by atoms with E-state index in [-0.39, 0.29) is 0 Å². The number of benzene rings is 7. The fourth-order valence-electron chi connectivity index (χ4n) is 6.19. The second-order valence-corrected chi connectivity index (χ2v) is 14.3. The molecule has 0 unspecified atom stereocenters. The molecule has 0 bridgehead atoms. The summed E-state index contributed by atoms with van der Waals surface area (Å²) in [5.74, 6) is 0. The van der Waals surface area contributed by atoms with Gasteiger partial charge in [-0.1, -0.05) is 183 Å². The summed E-state index contributed by atoms with van der Waals surface area (Å²) in [6.07, 6.45) is 5.74. The molecular weight excluding hydrogens is 601 g/mol. The van der Waals surface area contributed by atoms with Gasteiger partial charge in [0.1, 0.15) is 0 Å². The lowest BCUT2D eigenvalue weighted by atomic mass is 9.94. The van der Waals surface area contributed by atoms with Crippen LogP contribution in [0.3, 0.4) is 0 Å². The van der Waals surface area contributed by atoms with Gasteiger partial charge in [0.15, 0.2) is 7.14 Å². The maximum absolute atomic E-state index is 15.1. The van der Waals surface area contributed by atoms with Gasteiger partial charge < -0.3 is 4.57 Å². The molecule has 2 nitrogen and oxygen atoms in total. The molecule has 0 radical (unpaired) electrons. The summed E-state index contributed by atoms with van der Waals surface area (Å²) in [6, 6.07) is 59.3. The molecule has 48 heavy (non-hydrogen) atoms. The molecule has 0 aromatic heterocycles. The van der Waals surface area contributed by atoms with E-state index < -0.39 is 7.14 Å². The lowest BCUT2D eigenvalue weighted by Gasteiger charge is -2.21. The van der Waals surface area contributed by atoms with Crippen molar-refractivity contribution in [2.75, 3.05) is 0 Å². The van der Waals surface area contributed by atoms with Crippen molar-refractivity contribution in [2.45, 2.75) is 0 Å². The zero-order valence-corrected chi connectivity index (χ0v) is 27.4. The van der Waals surface area contributed by atoms with Crippen molar-refractivity contribution < 1.29 is 4.57 Å². The molecule has 7 aromatic carbocycles. The Labute approximate surface area is 282 Å². The van der Waals surface area contributed by atoms with Gasteiger partial charge >= 0.3 is 0 Å². The molecule has 0 fully saturated rings. The predicted octanol–water partition coefficient (Wildman–Crippen LogP) is 10.5. The highest BCUT2D eigenvalue weighted by Gasteiger charge is 2.29. The topological polar surface area (TPSA) is 29.4 Å². The third-order valence-corrected chi connectivity index (χ3v) is 11.6. The Balaban J connectivity index is 1.35. The molecule has 0 saturated heterocycles. The van der Waals surface area contributed by atoms with Crippen LogP contribution in [0.5, 0.6) is 0 Å². The zero-order chi connectivity index (χ0) is 32.8. The number of hydrogen-bond acceptors (Lipinski definition) is 2. The Bertz CT molecular complexity index is 2280. The molecule has 0 atom stereocenters. The van der Waals surface area contributed by atoms with Crippen LogP contribution < -0.4 is 15.9 Å². The molecule has 7 rings (SSSR count). The molecule has 0 saturated carbocycles. The number of para-hydroxylation sites is 1. The van der Waals surface area contributed by atoms with Gasteiger partial charge in [0.25, 0.3) is 0 Å². The fraction of sp³-hybridized carbons (Fsp3) is 0. The van der Waals surface area contributed by atoms with Crippen molar-refractivity contribution >= 4 is 51.3 Å². The van der Waals surface area contributed by atoms with Crippen LogP contribution in [0.2, 0.25) is 0 Å². The van der Waals surface area contributed by atoms with Crippen LogP contribution in [0.4, 0.5) is 5.69 Å². The molecule has 3 heteroatoms. The summed E-state index contributed by atoms with van der Waals surface area (Å²) < 4.78 is 15.1. The van der Waals surface area contributed by atoms with E-state index in [9.17, 15) is 0 Å². The lowest BCUT2D eigenvalue weighted by molar-refractivity contribution is 0.592. The minimum absolute atomic E-state index is 0.814.